The lowest BCUT2D eigenvalue weighted by Crippen LogP contribution is -2.32. The van der Waals surface area contributed by atoms with Crippen LogP contribution in [0.1, 0.15) is 10.4 Å². The zero-order valence-corrected chi connectivity index (χ0v) is 11.1. The Balaban J connectivity index is 3.28. The van der Waals surface area contributed by atoms with E-state index in [1.54, 1.807) is 4.90 Å². The first kappa shape index (κ1) is 15.9. The summed E-state index contributed by atoms with van der Waals surface area (Å²) < 4.78 is 0. The second-order valence-corrected chi connectivity index (χ2v) is 3.97. The highest BCUT2D eigenvalue weighted by Crippen LogP contribution is 2.25. The lowest BCUT2D eigenvalue weighted by molar-refractivity contribution is -0.384. The maximum Gasteiger partial charge on any atom is 0.270 e. The molecule has 0 aliphatic carbocycles. The summed E-state index contributed by atoms with van der Waals surface area (Å²) >= 11 is 0. The standard InChI is InChI=1S/C12H17N3O5/c1-13-12(18)10-8-9(15(19)20)2-3-11(10)14(4-6-16)5-7-17/h2-3,8,16-17H,4-7H2,1H3,(H,13,18). The molecule has 3 N–H and O–H groups in total. The highest BCUT2D eigenvalue weighted by molar-refractivity contribution is 6.00. The van der Waals surface area contributed by atoms with Gasteiger partial charge in [0.25, 0.3) is 11.6 Å². The van der Waals surface area contributed by atoms with E-state index < -0.39 is 10.8 Å². The van der Waals surface area contributed by atoms with Gasteiger partial charge in [-0.3, -0.25) is 14.9 Å². The zero-order valence-electron chi connectivity index (χ0n) is 11.1. The zero-order chi connectivity index (χ0) is 15.1. The summed E-state index contributed by atoms with van der Waals surface area (Å²) in [7, 11) is 1.42. The fourth-order valence-electron chi connectivity index (χ4n) is 1.82. The number of nitro groups is 1. The Bertz CT molecular complexity index is 486. The molecule has 20 heavy (non-hydrogen) atoms. The number of carbonyl (C=O) groups is 1. The fraction of sp³-hybridized carbons (Fsp3) is 0.417. The molecule has 0 atom stereocenters. The van der Waals surface area contributed by atoms with Crippen LogP contribution in [0.25, 0.3) is 0 Å². The summed E-state index contributed by atoms with van der Waals surface area (Å²) in [5.74, 6) is -0.468. The molecule has 0 unspecified atom stereocenters. The molecule has 0 aliphatic rings. The van der Waals surface area contributed by atoms with Crippen molar-refractivity contribution in [1.29, 1.82) is 0 Å². The number of carbonyl (C=O) groups excluding carboxylic acids is 1. The van der Waals surface area contributed by atoms with Crippen LogP contribution < -0.4 is 10.2 Å². The van der Waals surface area contributed by atoms with Gasteiger partial charge in [0.1, 0.15) is 0 Å². The van der Waals surface area contributed by atoms with Crippen molar-refractivity contribution in [1.82, 2.24) is 5.32 Å². The minimum atomic E-state index is -0.585. The van der Waals surface area contributed by atoms with Crippen LogP contribution in [0, 0.1) is 10.1 Å². The van der Waals surface area contributed by atoms with E-state index in [1.165, 1.54) is 25.2 Å². The third kappa shape index (κ3) is 3.65. The van der Waals surface area contributed by atoms with Crippen LogP contribution in [0.5, 0.6) is 0 Å². The number of non-ortho nitro benzene ring substituents is 1. The average Bonchev–Trinajstić information content (AvgIpc) is 2.45. The third-order valence-electron chi connectivity index (χ3n) is 2.74. The number of nitrogens with zero attached hydrogens (tertiary/aromatic N) is 2. The van der Waals surface area contributed by atoms with Crippen LogP contribution in [0.4, 0.5) is 11.4 Å². The summed E-state index contributed by atoms with van der Waals surface area (Å²) in [4.78, 5) is 23.6. The number of hydrogen-bond acceptors (Lipinski definition) is 6. The Morgan fingerprint density at radius 2 is 1.95 bits per heavy atom. The van der Waals surface area contributed by atoms with Crippen LogP contribution in [0.3, 0.4) is 0 Å². The van der Waals surface area contributed by atoms with Crippen LogP contribution >= 0.6 is 0 Å². The average molecular weight is 283 g/mol. The number of anilines is 1. The van der Waals surface area contributed by atoms with Gasteiger partial charge in [0.05, 0.1) is 29.4 Å². The predicted octanol–water partition coefficient (Wildman–Crippen LogP) is -0.255. The van der Waals surface area contributed by atoms with Gasteiger partial charge in [0, 0.05) is 32.3 Å². The van der Waals surface area contributed by atoms with E-state index in [9.17, 15) is 14.9 Å². The molecule has 0 spiro atoms. The molecule has 1 rings (SSSR count). The normalized spacial score (nSPS) is 10.2. The first-order valence-electron chi connectivity index (χ1n) is 6.02. The van der Waals surface area contributed by atoms with Crippen molar-refractivity contribution in [3.63, 3.8) is 0 Å². The van der Waals surface area contributed by atoms with Gasteiger partial charge in [-0.15, -0.1) is 0 Å². The quantitative estimate of drug-likeness (QED) is 0.469. The maximum absolute atomic E-state index is 11.8. The highest BCUT2D eigenvalue weighted by Gasteiger charge is 2.19. The summed E-state index contributed by atoms with van der Waals surface area (Å²) in [6.45, 7) is 0.0963. The van der Waals surface area contributed by atoms with Crippen molar-refractivity contribution >= 4 is 17.3 Å². The SMILES string of the molecule is CNC(=O)c1cc([N+](=O)[O-])ccc1N(CCO)CCO. The number of hydrogen-bond donors (Lipinski definition) is 3. The van der Waals surface area contributed by atoms with Crippen LogP contribution in [-0.2, 0) is 0 Å². The van der Waals surface area contributed by atoms with Gasteiger partial charge in [0.15, 0.2) is 0 Å². The molecule has 0 saturated carbocycles. The number of amides is 1. The molecular weight excluding hydrogens is 266 g/mol. The van der Waals surface area contributed by atoms with Crippen molar-refractivity contribution in [2.24, 2.45) is 0 Å². The molecule has 0 fully saturated rings. The molecule has 110 valence electrons. The largest absolute Gasteiger partial charge is 0.395 e. The van der Waals surface area contributed by atoms with Gasteiger partial charge < -0.3 is 20.4 Å². The lowest BCUT2D eigenvalue weighted by Gasteiger charge is -2.25. The number of nitrogens with one attached hydrogen (secondary N) is 1. The Hall–Kier alpha value is -2.19. The molecule has 8 nitrogen and oxygen atoms in total. The molecule has 0 radical (unpaired) electrons. The minimum Gasteiger partial charge on any atom is -0.395 e. The van der Waals surface area contributed by atoms with Gasteiger partial charge in [-0.1, -0.05) is 0 Å². The Morgan fingerprint density at radius 1 is 1.35 bits per heavy atom. The van der Waals surface area contributed by atoms with Crippen molar-refractivity contribution in [2.75, 3.05) is 38.3 Å². The van der Waals surface area contributed by atoms with Crippen molar-refractivity contribution in [3.05, 3.63) is 33.9 Å². The molecule has 8 heteroatoms. The van der Waals surface area contributed by atoms with Gasteiger partial charge in [-0.2, -0.15) is 0 Å². The third-order valence-corrected chi connectivity index (χ3v) is 2.74. The summed E-state index contributed by atoms with van der Waals surface area (Å²) in [5, 5.41) is 31.2. The molecular formula is C12H17N3O5. The van der Waals surface area contributed by atoms with Crippen molar-refractivity contribution in [2.45, 2.75) is 0 Å². The van der Waals surface area contributed by atoms with Gasteiger partial charge in [0.2, 0.25) is 0 Å². The van der Waals surface area contributed by atoms with E-state index in [1.807, 2.05) is 0 Å². The number of benzene rings is 1. The number of nitro benzene ring substituents is 1. The summed E-state index contributed by atoms with van der Waals surface area (Å²) in [5.41, 5.74) is 0.363. The Labute approximate surface area is 115 Å². The van der Waals surface area contributed by atoms with E-state index in [2.05, 4.69) is 5.32 Å². The van der Waals surface area contributed by atoms with Crippen molar-refractivity contribution < 1.29 is 19.9 Å². The topological polar surface area (TPSA) is 116 Å². The van der Waals surface area contributed by atoms with E-state index in [4.69, 9.17) is 10.2 Å². The first-order chi connectivity index (χ1) is 9.54. The highest BCUT2D eigenvalue weighted by atomic mass is 16.6. The van der Waals surface area contributed by atoms with Gasteiger partial charge in [-0.05, 0) is 6.07 Å². The van der Waals surface area contributed by atoms with E-state index in [-0.39, 0.29) is 37.6 Å². The first-order valence-corrected chi connectivity index (χ1v) is 6.02. The van der Waals surface area contributed by atoms with Crippen LogP contribution in [0.15, 0.2) is 18.2 Å². The smallest absolute Gasteiger partial charge is 0.270 e. The second-order valence-electron chi connectivity index (χ2n) is 3.97. The molecule has 0 aromatic heterocycles. The predicted molar refractivity (Wildman–Crippen MR) is 72.9 cm³/mol. The van der Waals surface area contributed by atoms with E-state index in [0.29, 0.717) is 5.69 Å². The number of rotatable bonds is 7. The molecule has 0 aliphatic heterocycles. The minimum absolute atomic E-state index is 0.128. The lowest BCUT2D eigenvalue weighted by atomic mass is 10.1. The monoisotopic (exact) mass is 283 g/mol. The van der Waals surface area contributed by atoms with Crippen LogP contribution in [-0.4, -0.2) is 54.4 Å². The van der Waals surface area contributed by atoms with E-state index in [0.717, 1.165) is 0 Å². The molecule has 1 aromatic rings. The van der Waals surface area contributed by atoms with Crippen LogP contribution in [0.2, 0.25) is 0 Å². The molecule has 1 aromatic carbocycles. The van der Waals surface area contributed by atoms with E-state index >= 15 is 0 Å². The fourth-order valence-corrected chi connectivity index (χ4v) is 1.82. The molecule has 1 amide bonds. The van der Waals surface area contributed by atoms with Crippen molar-refractivity contribution in [3.8, 4) is 0 Å². The molecule has 0 saturated heterocycles. The summed E-state index contributed by atoms with van der Waals surface area (Å²) in [6, 6.07) is 3.90. The summed E-state index contributed by atoms with van der Waals surface area (Å²) in [6.07, 6.45) is 0. The number of aliphatic hydroxyl groups is 2. The Morgan fingerprint density at radius 3 is 2.40 bits per heavy atom. The second kappa shape index (κ2) is 7.41. The van der Waals surface area contributed by atoms with Gasteiger partial charge in [-0.25, -0.2) is 0 Å². The molecule has 0 bridgehead atoms. The Kier molecular flexibility index (Phi) is 5.88. The number of aliphatic hydroxyl groups excluding tert-OH is 2. The molecule has 0 heterocycles. The maximum atomic E-state index is 11.8. The van der Waals surface area contributed by atoms with Gasteiger partial charge >= 0.3 is 0 Å².